The molecule has 1 amide bonds. The number of nitrogens with zero attached hydrogens (tertiary/aromatic N) is 3. The number of oxazole rings is 1. The minimum absolute atomic E-state index is 0.422. The van der Waals surface area contributed by atoms with Crippen LogP contribution in [0, 0.1) is 0 Å². The molecule has 0 aliphatic heterocycles. The summed E-state index contributed by atoms with van der Waals surface area (Å²) in [6, 6.07) is 5.30. The third-order valence-electron chi connectivity index (χ3n) is 4.28. The summed E-state index contributed by atoms with van der Waals surface area (Å²) in [6.07, 6.45) is 12.2. The summed E-state index contributed by atoms with van der Waals surface area (Å²) >= 11 is 0. The summed E-state index contributed by atoms with van der Waals surface area (Å²) in [5.41, 5.74) is 3.57. The highest BCUT2D eigenvalue weighted by atomic mass is 16.5. The van der Waals surface area contributed by atoms with Gasteiger partial charge in [0.15, 0.2) is 11.2 Å². The molecule has 0 radical (unpaired) electrons. The van der Waals surface area contributed by atoms with Gasteiger partial charge in [-0.1, -0.05) is 19.9 Å². The van der Waals surface area contributed by atoms with Gasteiger partial charge in [0.2, 0.25) is 12.3 Å². The van der Waals surface area contributed by atoms with Crippen molar-refractivity contribution in [2.24, 2.45) is 0 Å². The Labute approximate surface area is 187 Å². The van der Waals surface area contributed by atoms with Gasteiger partial charge in [-0.05, 0) is 42.8 Å². The molecule has 0 spiro atoms. The van der Waals surface area contributed by atoms with E-state index >= 15 is 0 Å². The fourth-order valence-electron chi connectivity index (χ4n) is 2.71. The van der Waals surface area contributed by atoms with E-state index in [0.29, 0.717) is 34.8 Å². The number of aromatic nitrogens is 3. The topological polar surface area (TPSA) is 99.4 Å². The van der Waals surface area contributed by atoms with Crippen LogP contribution in [0.15, 0.2) is 76.5 Å². The molecule has 3 aromatic heterocycles. The molecule has 3 aromatic rings. The van der Waals surface area contributed by atoms with Crippen LogP contribution in [-0.2, 0) is 14.3 Å². The Bertz CT molecular complexity index is 1080. The van der Waals surface area contributed by atoms with Crippen LogP contribution in [0.4, 0.5) is 5.69 Å². The van der Waals surface area contributed by atoms with E-state index in [1.807, 2.05) is 39.0 Å². The van der Waals surface area contributed by atoms with E-state index in [0.717, 1.165) is 23.5 Å². The molecule has 4 rings (SSSR count). The molecule has 0 saturated heterocycles. The third kappa shape index (κ3) is 6.53. The molecule has 3 heterocycles. The Morgan fingerprint density at radius 3 is 2.66 bits per heavy atom. The normalized spacial score (nSPS) is 12.5. The molecule has 1 aliphatic carbocycles. The molecule has 32 heavy (non-hydrogen) atoms. The van der Waals surface area contributed by atoms with Gasteiger partial charge in [-0.3, -0.25) is 9.78 Å². The van der Waals surface area contributed by atoms with Crippen molar-refractivity contribution < 1.29 is 18.7 Å². The Morgan fingerprint density at radius 1 is 1.16 bits per heavy atom. The van der Waals surface area contributed by atoms with Crippen LogP contribution in [0.3, 0.4) is 0 Å². The molecule has 8 heteroatoms. The summed E-state index contributed by atoms with van der Waals surface area (Å²) in [5.74, 6) is 2.31. The van der Waals surface area contributed by atoms with Gasteiger partial charge in [-0.2, -0.15) is 4.98 Å². The highest BCUT2D eigenvalue weighted by Gasteiger charge is 2.09. The minimum Gasteiger partial charge on any atom is -0.500 e. The number of hydrogen-bond acceptors (Lipinski definition) is 7. The molecule has 168 valence electrons. The SMILES string of the molecule is CC.COC1=CCC(OC)=C(C)C=C1.O=CNc1cncc(-c2nc3ncccc3o2)c1. The first-order valence-corrected chi connectivity index (χ1v) is 10.2. The molecule has 0 aromatic carbocycles. The zero-order chi connectivity index (χ0) is 23.3. The molecule has 0 unspecified atom stereocenters. The van der Waals surface area contributed by atoms with Crippen LogP contribution in [0.1, 0.15) is 27.2 Å². The Kier molecular flexibility index (Phi) is 9.65. The van der Waals surface area contributed by atoms with Crippen molar-refractivity contribution in [3.8, 4) is 11.5 Å². The Hall–Kier alpha value is -3.94. The molecular formula is C24H28N4O4. The van der Waals surface area contributed by atoms with E-state index in [9.17, 15) is 4.79 Å². The van der Waals surface area contributed by atoms with Gasteiger partial charge in [-0.25, -0.2) is 4.98 Å². The Morgan fingerprint density at radius 2 is 1.97 bits per heavy atom. The van der Waals surface area contributed by atoms with Crippen LogP contribution in [0.25, 0.3) is 22.7 Å². The predicted molar refractivity (Wildman–Crippen MR) is 125 cm³/mol. The van der Waals surface area contributed by atoms with Crippen molar-refractivity contribution in [2.75, 3.05) is 19.5 Å². The highest BCUT2D eigenvalue weighted by molar-refractivity contribution is 5.75. The smallest absolute Gasteiger partial charge is 0.230 e. The number of carbonyl (C=O) groups excluding carboxylic acids is 1. The largest absolute Gasteiger partial charge is 0.500 e. The van der Waals surface area contributed by atoms with E-state index < -0.39 is 0 Å². The molecule has 1 N–H and O–H groups in total. The van der Waals surface area contributed by atoms with Crippen molar-refractivity contribution in [1.29, 1.82) is 0 Å². The molecule has 0 atom stereocenters. The predicted octanol–water partition coefficient (Wildman–Crippen LogP) is 5.28. The zero-order valence-corrected chi connectivity index (χ0v) is 19.0. The quantitative estimate of drug-likeness (QED) is 0.543. The Balaban J connectivity index is 0.000000227. The second kappa shape index (κ2) is 12.7. The second-order valence-corrected chi connectivity index (χ2v) is 6.23. The number of carbonyl (C=O) groups is 1. The van der Waals surface area contributed by atoms with Gasteiger partial charge < -0.3 is 19.2 Å². The first-order chi connectivity index (χ1) is 15.6. The van der Waals surface area contributed by atoms with Crippen molar-refractivity contribution in [1.82, 2.24) is 15.0 Å². The standard InChI is InChI=1S/C12H8N4O2.C10H14O2.C2H6/c17-7-15-9-4-8(5-13-6-9)12-16-11-10(18-12)2-1-3-14-11;1-8-4-5-9(11-2)6-7-10(8)12-3;1-2/h1-7H,(H,15,17);4-6H,7H2,1-3H3;1-2H3. The van der Waals surface area contributed by atoms with Crippen molar-refractivity contribution in [3.63, 3.8) is 0 Å². The highest BCUT2D eigenvalue weighted by Crippen LogP contribution is 2.24. The van der Waals surface area contributed by atoms with E-state index in [4.69, 9.17) is 13.9 Å². The maximum Gasteiger partial charge on any atom is 0.230 e. The van der Waals surface area contributed by atoms with Gasteiger partial charge >= 0.3 is 0 Å². The third-order valence-corrected chi connectivity index (χ3v) is 4.28. The number of allylic oxidation sites excluding steroid dienone is 4. The number of nitrogens with one attached hydrogen (secondary N) is 1. The average molecular weight is 437 g/mol. The molecule has 1 aliphatic rings. The van der Waals surface area contributed by atoms with E-state index in [-0.39, 0.29) is 0 Å². The summed E-state index contributed by atoms with van der Waals surface area (Å²) in [5, 5.41) is 2.52. The van der Waals surface area contributed by atoms with Crippen LogP contribution in [0.5, 0.6) is 0 Å². The van der Waals surface area contributed by atoms with Gasteiger partial charge in [0.25, 0.3) is 0 Å². The lowest BCUT2D eigenvalue weighted by atomic mass is 10.2. The molecule has 0 bridgehead atoms. The number of pyridine rings is 2. The number of amides is 1. The fraction of sp³-hybridized carbons (Fsp3) is 0.250. The van der Waals surface area contributed by atoms with Crippen molar-refractivity contribution in [3.05, 3.63) is 72.1 Å². The van der Waals surface area contributed by atoms with Gasteiger partial charge in [0.1, 0.15) is 11.5 Å². The van der Waals surface area contributed by atoms with Crippen molar-refractivity contribution in [2.45, 2.75) is 27.2 Å². The molecule has 0 saturated carbocycles. The minimum atomic E-state index is 0.422. The molecule has 8 nitrogen and oxygen atoms in total. The fourth-order valence-corrected chi connectivity index (χ4v) is 2.71. The molecular weight excluding hydrogens is 408 g/mol. The number of ether oxygens (including phenoxy) is 2. The van der Waals surface area contributed by atoms with Crippen LogP contribution < -0.4 is 5.32 Å². The second-order valence-electron chi connectivity index (χ2n) is 6.23. The number of hydrogen-bond donors (Lipinski definition) is 1. The summed E-state index contributed by atoms with van der Waals surface area (Å²) in [6.45, 7) is 6.03. The molecule has 0 fully saturated rings. The van der Waals surface area contributed by atoms with Gasteiger partial charge in [0.05, 0.1) is 31.7 Å². The lowest BCUT2D eigenvalue weighted by Crippen LogP contribution is -1.94. The summed E-state index contributed by atoms with van der Waals surface area (Å²) in [7, 11) is 3.36. The van der Waals surface area contributed by atoms with Crippen LogP contribution in [0.2, 0.25) is 0 Å². The van der Waals surface area contributed by atoms with Gasteiger partial charge in [0, 0.05) is 18.8 Å². The maximum atomic E-state index is 10.4. The van der Waals surface area contributed by atoms with E-state index in [2.05, 4.69) is 20.3 Å². The average Bonchev–Trinajstić information content (AvgIpc) is 3.19. The zero-order valence-electron chi connectivity index (χ0n) is 19.0. The van der Waals surface area contributed by atoms with E-state index in [1.165, 1.54) is 0 Å². The number of rotatable bonds is 5. The maximum absolute atomic E-state index is 10.4. The van der Waals surface area contributed by atoms with Crippen LogP contribution in [-0.4, -0.2) is 35.6 Å². The lowest BCUT2D eigenvalue weighted by Gasteiger charge is -2.03. The summed E-state index contributed by atoms with van der Waals surface area (Å²) in [4.78, 5) is 22.7. The van der Waals surface area contributed by atoms with Crippen LogP contribution >= 0.6 is 0 Å². The van der Waals surface area contributed by atoms with E-state index in [1.54, 1.807) is 51.0 Å². The summed E-state index contributed by atoms with van der Waals surface area (Å²) < 4.78 is 15.9. The first kappa shape index (κ1) is 24.3. The lowest BCUT2D eigenvalue weighted by molar-refractivity contribution is -0.105. The monoisotopic (exact) mass is 436 g/mol. The number of fused-ring (bicyclic) bond motifs is 1. The van der Waals surface area contributed by atoms with Gasteiger partial charge in [-0.15, -0.1) is 0 Å². The number of anilines is 1. The van der Waals surface area contributed by atoms with Crippen molar-refractivity contribution >= 4 is 23.3 Å². The first-order valence-electron chi connectivity index (χ1n) is 10.2. The number of methoxy groups -OCH3 is 2.